The lowest BCUT2D eigenvalue weighted by atomic mass is 9.74. The molecule has 0 radical (unpaired) electrons. The summed E-state index contributed by atoms with van der Waals surface area (Å²) in [5.41, 5.74) is 4.23. The van der Waals surface area contributed by atoms with Crippen LogP contribution in [0.3, 0.4) is 0 Å². The standard InChI is InChI=1S/C26H24N3O2S/c1-26(17-19-11-15-24(27(19)2)29(30)31)23(14-12-20-8-6-16-32-20)28(3)22-13-10-18-7-4-5-9-21(18)25(22)26/h4-16H,17H2,1-3H3/q+1. The second-order valence-electron chi connectivity index (χ2n) is 8.48. The van der Waals surface area contributed by atoms with Crippen molar-refractivity contribution in [2.75, 3.05) is 7.05 Å². The van der Waals surface area contributed by atoms with Crippen LogP contribution in [0.5, 0.6) is 0 Å². The van der Waals surface area contributed by atoms with E-state index in [-0.39, 0.29) is 16.2 Å². The van der Waals surface area contributed by atoms with Crippen molar-refractivity contribution in [2.45, 2.75) is 18.8 Å². The summed E-state index contributed by atoms with van der Waals surface area (Å²) in [6, 6.07) is 20.5. The zero-order valence-corrected chi connectivity index (χ0v) is 19.1. The molecule has 0 saturated heterocycles. The van der Waals surface area contributed by atoms with E-state index >= 15 is 0 Å². The molecular weight excluding hydrogens is 418 g/mol. The van der Waals surface area contributed by atoms with Crippen molar-refractivity contribution in [1.82, 2.24) is 4.57 Å². The lowest BCUT2D eigenvalue weighted by molar-refractivity contribution is -0.401. The third-order valence-electron chi connectivity index (χ3n) is 6.62. The van der Waals surface area contributed by atoms with Gasteiger partial charge in [-0.05, 0) is 52.3 Å². The summed E-state index contributed by atoms with van der Waals surface area (Å²) in [4.78, 5) is 12.3. The molecule has 2 aromatic carbocycles. The van der Waals surface area contributed by atoms with Crippen LogP contribution in [-0.4, -0.2) is 26.8 Å². The third-order valence-corrected chi connectivity index (χ3v) is 7.45. The maximum absolute atomic E-state index is 11.4. The molecule has 2 aromatic heterocycles. The Morgan fingerprint density at radius 2 is 1.91 bits per heavy atom. The SMILES string of the molecule is Cn1c(CC2(C)C(C=Cc3cccs3)=[N+](C)c3ccc4ccccc4c32)ccc1[N+](=O)[O-]. The highest BCUT2D eigenvalue weighted by atomic mass is 32.1. The van der Waals surface area contributed by atoms with Gasteiger partial charge < -0.3 is 10.1 Å². The number of rotatable bonds is 5. The van der Waals surface area contributed by atoms with Crippen molar-refractivity contribution in [2.24, 2.45) is 7.05 Å². The molecule has 5 rings (SSSR count). The Morgan fingerprint density at radius 1 is 1.09 bits per heavy atom. The van der Waals surface area contributed by atoms with Gasteiger partial charge in [-0.1, -0.05) is 30.3 Å². The van der Waals surface area contributed by atoms with Gasteiger partial charge in [0.25, 0.3) is 0 Å². The van der Waals surface area contributed by atoms with E-state index in [9.17, 15) is 10.1 Å². The number of nitrogens with zero attached hydrogens (tertiary/aromatic N) is 3. The predicted octanol–water partition coefficient (Wildman–Crippen LogP) is 6.09. The predicted molar refractivity (Wildman–Crippen MR) is 131 cm³/mol. The summed E-state index contributed by atoms with van der Waals surface area (Å²) in [6.07, 6.45) is 5.03. The second kappa shape index (κ2) is 7.57. The van der Waals surface area contributed by atoms with Crippen molar-refractivity contribution >= 4 is 45.4 Å². The molecule has 6 heteroatoms. The lowest BCUT2D eigenvalue weighted by Gasteiger charge is -2.23. The van der Waals surface area contributed by atoms with E-state index in [0.717, 1.165) is 5.69 Å². The van der Waals surface area contributed by atoms with Crippen LogP contribution in [0.1, 0.15) is 23.1 Å². The first-order chi connectivity index (χ1) is 15.4. The second-order valence-corrected chi connectivity index (χ2v) is 9.46. The van der Waals surface area contributed by atoms with Crippen LogP contribution < -0.4 is 0 Å². The average molecular weight is 443 g/mol. The van der Waals surface area contributed by atoms with E-state index in [4.69, 9.17) is 0 Å². The molecule has 3 heterocycles. The van der Waals surface area contributed by atoms with Crippen molar-refractivity contribution in [3.05, 3.63) is 98.4 Å². The van der Waals surface area contributed by atoms with E-state index in [1.165, 1.54) is 32.6 Å². The molecule has 5 nitrogen and oxygen atoms in total. The minimum Gasteiger partial charge on any atom is -0.358 e. The molecule has 1 atom stereocenters. The Morgan fingerprint density at radius 3 is 2.62 bits per heavy atom. The molecule has 0 spiro atoms. The van der Waals surface area contributed by atoms with Crippen molar-refractivity contribution < 1.29 is 9.50 Å². The van der Waals surface area contributed by atoms with Gasteiger partial charge in [-0.15, -0.1) is 11.3 Å². The largest absolute Gasteiger partial charge is 0.358 e. The zero-order chi connectivity index (χ0) is 22.5. The molecular formula is C26H24N3O2S+. The molecule has 4 aromatic rings. The highest BCUT2D eigenvalue weighted by Gasteiger charge is 2.48. The molecule has 1 aliphatic rings. The number of thiophene rings is 1. The fourth-order valence-electron chi connectivity index (χ4n) is 5.03. The number of aromatic nitrogens is 1. The maximum atomic E-state index is 11.4. The Hall–Kier alpha value is -3.51. The van der Waals surface area contributed by atoms with E-state index < -0.39 is 0 Å². The van der Waals surface area contributed by atoms with Gasteiger partial charge >= 0.3 is 5.82 Å². The normalized spacial score (nSPS) is 18.1. The number of fused-ring (bicyclic) bond motifs is 3. The van der Waals surface area contributed by atoms with Crippen LogP contribution in [0.15, 0.2) is 72.1 Å². The molecule has 160 valence electrons. The van der Waals surface area contributed by atoms with Gasteiger partial charge in [0.15, 0.2) is 5.71 Å². The van der Waals surface area contributed by atoms with Crippen LogP contribution in [0.25, 0.3) is 16.8 Å². The monoisotopic (exact) mass is 442 g/mol. The molecule has 0 fully saturated rings. The number of nitro groups is 1. The maximum Gasteiger partial charge on any atom is 0.323 e. The highest BCUT2D eigenvalue weighted by molar-refractivity contribution is 7.10. The van der Waals surface area contributed by atoms with Gasteiger partial charge in [0.2, 0.25) is 5.69 Å². The molecule has 32 heavy (non-hydrogen) atoms. The molecule has 0 bridgehead atoms. The minimum atomic E-state index is -0.349. The summed E-state index contributed by atoms with van der Waals surface area (Å²) in [5.74, 6) is 0.115. The molecule has 1 unspecified atom stereocenters. The fourth-order valence-corrected chi connectivity index (χ4v) is 5.65. The van der Waals surface area contributed by atoms with Crippen molar-refractivity contribution in [1.29, 1.82) is 0 Å². The van der Waals surface area contributed by atoms with Crippen LogP contribution in [0, 0.1) is 10.1 Å². The minimum absolute atomic E-state index is 0.115. The lowest BCUT2D eigenvalue weighted by Crippen LogP contribution is -2.34. The average Bonchev–Trinajstić information content (AvgIpc) is 3.47. The van der Waals surface area contributed by atoms with E-state index in [1.54, 1.807) is 29.0 Å². The number of hydrogen-bond donors (Lipinski definition) is 0. The Kier molecular flexibility index (Phi) is 4.82. The van der Waals surface area contributed by atoms with E-state index in [0.29, 0.717) is 6.42 Å². The van der Waals surface area contributed by atoms with E-state index in [1.807, 2.05) is 6.07 Å². The fraction of sp³-hybridized carbons (Fsp3) is 0.192. The van der Waals surface area contributed by atoms with E-state index in [2.05, 4.69) is 84.6 Å². The first-order valence-corrected chi connectivity index (χ1v) is 11.4. The van der Waals surface area contributed by atoms with Crippen LogP contribution in [-0.2, 0) is 18.9 Å². The summed E-state index contributed by atoms with van der Waals surface area (Å²) in [5, 5.41) is 15.9. The van der Waals surface area contributed by atoms with Crippen molar-refractivity contribution in [3.63, 3.8) is 0 Å². The van der Waals surface area contributed by atoms with Gasteiger partial charge in [0.05, 0.1) is 12.5 Å². The molecule has 0 aliphatic carbocycles. The van der Waals surface area contributed by atoms with Gasteiger partial charge in [0, 0.05) is 35.1 Å². The summed E-state index contributed by atoms with van der Waals surface area (Å²) < 4.78 is 3.97. The van der Waals surface area contributed by atoms with Crippen LogP contribution in [0.4, 0.5) is 11.5 Å². The van der Waals surface area contributed by atoms with Gasteiger partial charge in [-0.2, -0.15) is 4.58 Å². The van der Waals surface area contributed by atoms with Crippen LogP contribution in [0.2, 0.25) is 0 Å². The first kappa shape index (κ1) is 20.4. The van der Waals surface area contributed by atoms with Gasteiger partial charge in [-0.25, -0.2) is 4.57 Å². The molecule has 0 N–H and O–H groups in total. The summed E-state index contributed by atoms with van der Waals surface area (Å²) >= 11 is 1.71. The van der Waals surface area contributed by atoms with Gasteiger partial charge in [0.1, 0.15) is 12.7 Å². The summed E-state index contributed by atoms with van der Waals surface area (Å²) in [7, 11) is 3.89. The Bertz CT molecular complexity index is 1410. The topological polar surface area (TPSA) is 51.1 Å². The Balaban J connectivity index is 1.71. The molecule has 0 saturated carbocycles. The highest BCUT2D eigenvalue weighted by Crippen LogP contribution is 2.46. The first-order valence-electron chi connectivity index (χ1n) is 10.5. The smallest absolute Gasteiger partial charge is 0.323 e. The summed E-state index contributed by atoms with van der Waals surface area (Å²) in [6.45, 7) is 2.26. The molecule has 1 aliphatic heterocycles. The third kappa shape index (κ3) is 3.10. The Labute approximate surface area is 190 Å². The molecule has 0 amide bonds. The number of hydrogen-bond acceptors (Lipinski definition) is 3. The zero-order valence-electron chi connectivity index (χ0n) is 18.3. The van der Waals surface area contributed by atoms with Crippen molar-refractivity contribution in [3.8, 4) is 0 Å². The quantitative estimate of drug-likeness (QED) is 0.213. The van der Waals surface area contributed by atoms with Gasteiger partial charge in [-0.3, -0.25) is 0 Å². The van der Waals surface area contributed by atoms with Crippen LogP contribution >= 0.6 is 11.3 Å². The number of allylic oxidation sites excluding steroid dienone is 1. The number of benzene rings is 2.